The Morgan fingerprint density at radius 1 is 0.895 bits per heavy atom. The summed E-state index contributed by atoms with van der Waals surface area (Å²) in [5, 5.41) is 0.629. The van der Waals surface area contributed by atoms with Crippen LogP contribution in [-0.4, -0.2) is 19.5 Å². The number of imidazole rings is 1. The summed E-state index contributed by atoms with van der Waals surface area (Å²) in [4.78, 5) is 13.1. The van der Waals surface area contributed by atoms with Crippen molar-refractivity contribution in [1.82, 2.24) is 19.5 Å². The zero-order valence-electron chi connectivity index (χ0n) is 12.0. The van der Waals surface area contributed by atoms with Crippen molar-refractivity contribution < 1.29 is 0 Å². The van der Waals surface area contributed by atoms with Gasteiger partial charge in [0.2, 0.25) is 10.6 Å². The standard InChI is InChI=1S/C13H18Cl2N4/c1-12(2,3)8-7-9(18-10(14)17-8)19(11(15)16-7)13(4,5)6/h1-6H3. The van der Waals surface area contributed by atoms with Gasteiger partial charge in [-0.05, 0) is 44.0 Å². The lowest BCUT2D eigenvalue weighted by molar-refractivity contribution is 0.406. The van der Waals surface area contributed by atoms with Gasteiger partial charge < -0.3 is 0 Å². The Morgan fingerprint density at radius 2 is 1.47 bits per heavy atom. The van der Waals surface area contributed by atoms with E-state index in [1.54, 1.807) is 0 Å². The molecule has 2 rings (SSSR count). The van der Waals surface area contributed by atoms with Gasteiger partial charge >= 0.3 is 0 Å². The summed E-state index contributed by atoms with van der Waals surface area (Å²) in [6.45, 7) is 12.3. The Balaban J connectivity index is 2.91. The number of hydrogen-bond donors (Lipinski definition) is 0. The highest BCUT2D eigenvalue weighted by Gasteiger charge is 2.28. The quantitative estimate of drug-likeness (QED) is 0.541. The molecule has 0 aromatic carbocycles. The second kappa shape index (κ2) is 4.32. The van der Waals surface area contributed by atoms with E-state index in [4.69, 9.17) is 23.2 Å². The summed E-state index contributed by atoms with van der Waals surface area (Å²) >= 11 is 12.3. The number of hydrogen-bond acceptors (Lipinski definition) is 3. The van der Waals surface area contributed by atoms with Crippen molar-refractivity contribution in [3.8, 4) is 0 Å². The van der Waals surface area contributed by atoms with E-state index in [0.717, 1.165) is 11.2 Å². The number of fused-ring (bicyclic) bond motifs is 1. The SMILES string of the molecule is CC(C)(C)c1nc(Cl)nc2c1nc(Cl)n2C(C)(C)C. The molecule has 0 aliphatic heterocycles. The molecule has 0 radical (unpaired) electrons. The van der Waals surface area contributed by atoms with Crippen molar-refractivity contribution in [3.63, 3.8) is 0 Å². The van der Waals surface area contributed by atoms with Crippen LogP contribution in [0.5, 0.6) is 0 Å². The van der Waals surface area contributed by atoms with Crippen molar-refractivity contribution in [1.29, 1.82) is 0 Å². The van der Waals surface area contributed by atoms with Crippen LogP contribution in [-0.2, 0) is 11.0 Å². The molecule has 0 atom stereocenters. The molecule has 0 saturated heterocycles. The van der Waals surface area contributed by atoms with E-state index in [1.807, 2.05) is 25.3 Å². The molecule has 0 spiro atoms. The van der Waals surface area contributed by atoms with E-state index in [0.29, 0.717) is 10.9 Å². The van der Waals surface area contributed by atoms with E-state index < -0.39 is 0 Å². The average molecular weight is 301 g/mol. The Kier molecular flexibility index (Phi) is 3.30. The number of nitrogens with zero attached hydrogens (tertiary/aromatic N) is 4. The molecule has 0 unspecified atom stereocenters. The van der Waals surface area contributed by atoms with Gasteiger partial charge in [0.05, 0.1) is 5.69 Å². The van der Waals surface area contributed by atoms with Gasteiger partial charge in [-0.25, -0.2) is 9.97 Å². The number of halogens is 2. The molecule has 2 aromatic heterocycles. The molecular weight excluding hydrogens is 283 g/mol. The first kappa shape index (κ1) is 14.5. The molecule has 0 amide bonds. The van der Waals surface area contributed by atoms with Crippen molar-refractivity contribution >= 4 is 34.4 Å². The van der Waals surface area contributed by atoms with Crippen molar-refractivity contribution in [3.05, 3.63) is 16.3 Å². The molecule has 104 valence electrons. The molecule has 0 bridgehead atoms. The molecule has 0 aliphatic carbocycles. The van der Waals surface area contributed by atoms with E-state index in [2.05, 4.69) is 35.7 Å². The Bertz CT molecular complexity index is 633. The monoisotopic (exact) mass is 300 g/mol. The van der Waals surface area contributed by atoms with Crippen molar-refractivity contribution in [2.75, 3.05) is 0 Å². The van der Waals surface area contributed by atoms with Gasteiger partial charge in [0.1, 0.15) is 5.52 Å². The molecule has 2 heterocycles. The van der Waals surface area contributed by atoms with Crippen LogP contribution in [0.2, 0.25) is 10.6 Å². The lowest BCUT2D eigenvalue weighted by atomic mass is 9.91. The Morgan fingerprint density at radius 3 is 1.95 bits per heavy atom. The van der Waals surface area contributed by atoms with Crippen LogP contribution in [0.15, 0.2) is 0 Å². The maximum Gasteiger partial charge on any atom is 0.224 e. The molecule has 19 heavy (non-hydrogen) atoms. The van der Waals surface area contributed by atoms with Gasteiger partial charge in [0.15, 0.2) is 5.65 Å². The summed E-state index contributed by atoms with van der Waals surface area (Å²) in [7, 11) is 0. The topological polar surface area (TPSA) is 43.6 Å². The lowest BCUT2D eigenvalue weighted by Crippen LogP contribution is -2.22. The van der Waals surface area contributed by atoms with E-state index in [-0.39, 0.29) is 16.2 Å². The summed E-state index contributed by atoms with van der Waals surface area (Å²) in [5.41, 5.74) is 1.82. The fourth-order valence-electron chi connectivity index (χ4n) is 2.02. The molecule has 2 aromatic rings. The predicted molar refractivity (Wildman–Crippen MR) is 79.0 cm³/mol. The van der Waals surface area contributed by atoms with Gasteiger partial charge in [-0.3, -0.25) is 4.57 Å². The molecule has 0 fully saturated rings. The molecule has 4 nitrogen and oxygen atoms in total. The number of rotatable bonds is 0. The van der Waals surface area contributed by atoms with E-state index in [9.17, 15) is 0 Å². The predicted octanol–water partition coefficient (Wildman–Crippen LogP) is 4.19. The lowest BCUT2D eigenvalue weighted by Gasteiger charge is -2.23. The van der Waals surface area contributed by atoms with Crippen LogP contribution in [0, 0.1) is 0 Å². The van der Waals surface area contributed by atoms with Crippen molar-refractivity contribution in [2.24, 2.45) is 0 Å². The van der Waals surface area contributed by atoms with Crippen LogP contribution in [0.4, 0.5) is 0 Å². The van der Waals surface area contributed by atoms with Crippen LogP contribution < -0.4 is 0 Å². The molecule has 0 aliphatic rings. The first-order valence-corrected chi connectivity index (χ1v) is 6.90. The first-order valence-electron chi connectivity index (χ1n) is 6.14. The van der Waals surface area contributed by atoms with E-state index in [1.165, 1.54) is 0 Å². The molecular formula is C13H18Cl2N4. The number of aromatic nitrogens is 4. The zero-order chi connectivity index (χ0) is 14.6. The van der Waals surface area contributed by atoms with Gasteiger partial charge in [-0.15, -0.1) is 0 Å². The fraction of sp³-hybridized carbons (Fsp3) is 0.615. The second-order valence-corrected chi connectivity index (χ2v) is 7.33. The minimum absolute atomic E-state index is 0.175. The minimum atomic E-state index is -0.224. The summed E-state index contributed by atoms with van der Waals surface area (Å²) in [6.07, 6.45) is 0. The Hall–Kier alpha value is -0.870. The molecule has 0 N–H and O–H groups in total. The van der Waals surface area contributed by atoms with Gasteiger partial charge in [0.25, 0.3) is 0 Å². The van der Waals surface area contributed by atoms with Crippen LogP contribution in [0.25, 0.3) is 11.2 Å². The molecule has 6 heteroatoms. The highest BCUT2D eigenvalue weighted by Crippen LogP contribution is 2.33. The zero-order valence-corrected chi connectivity index (χ0v) is 13.6. The van der Waals surface area contributed by atoms with Gasteiger partial charge in [0, 0.05) is 11.0 Å². The average Bonchev–Trinajstić information content (AvgIpc) is 2.50. The largest absolute Gasteiger partial charge is 0.294 e. The second-order valence-electron chi connectivity index (χ2n) is 6.65. The third-order valence-corrected chi connectivity index (χ3v) is 3.24. The minimum Gasteiger partial charge on any atom is -0.294 e. The van der Waals surface area contributed by atoms with Crippen LogP contribution in [0.3, 0.4) is 0 Å². The maximum atomic E-state index is 6.27. The van der Waals surface area contributed by atoms with Crippen LogP contribution >= 0.6 is 23.2 Å². The van der Waals surface area contributed by atoms with Crippen molar-refractivity contribution in [2.45, 2.75) is 52.5 Å². The third-order valence-electron chi connectivity index (χ3n) is 2.82. The Labute approximate surface area is 123 Å². The van der Waals surface area contributed by atoms with Gasteiger partial charge in [-0.2, -0.15) is 4.98 Å². The summed E-state index contributed by atoms with van der Waals surface area (Å²) in [6, 6.07) is 0. The first-order chi connectivity index (χ1) is 8.51. The smallest absolute Gasteiger partial charge is 0.224 e. The maximum absolute atomic E-state index is 6.27. The van der Waals surface area contributed by atoms with Crippen LogP contribution in [0.1, 0.15) is 47.2 Å². The highest BCUT2D eigenvalue weighted by molar-refractivity contribution is 6.30. The normalized spacial score (nSPS) is 13.3. The third kappa shape index (κ3) is 2.56. The summed E-state index contributed by atoms with van der Waals surface area (Å²) in [5.74, 6) is 0. The highest BCUT2D eigenvalue weighted by atomic mass is 35.5. The van der Waals surface area contributed by atoms with Gasteiger partial charge in [-0.1, -0.05) is 20.8 Å². The van der Waals surface area contributed by atoms with E-state index >= 15 is 0 Å². The summed E-state index contributed by atoms with van der Waals surface area (Å²) < 4.78 is 1.88. The fourth-order valence-corrected chi connectivity index (χ4v) is 2.61. The molecule has 0 saturated carbocycles.